The quantitative estimate of drug-likeness (QED) is 0.328. The molecule has 4 unspecified atom stereocenters. The Morgan fingerprint density at radius 1 is 1.11 bits per heavy atom. The molecule has 3 aliphatic carbocycles. The summed E-state index contributed by atoms with van der Waals surface area (Å²) < 4.78 is 0. The highest BCUT2D eigenvalue weighted by molar-refractivity contribution is 5.88. The maximum atomic E-state index is 12.2. The van der Waals surface area contributed by atoms with Crippen LogP contribution in [0, 0.1) is 11.3 Å². The van der Waals surface area contributed by atoms with Gasteiger partial charge < -0.3 is 26.2 Å². The molecule has 0 amide bonds. The zero-order valence-electron chi connectivity index (χ0n) is 20.1. The zero-order valence-corrected chi connectivity index (χ0v) is 20.1. The third-order valence-corrected chi connectivity index (χ3v) is 7.98. The molecule has 0 aliphatic heterocycles. The molecule has 7 heteroatoms. The second-order valence-electron chi connectivity index (χ2n) is 10.5. The third kappa shape index (κ3) is 4.65. The van der Waals surface area contributed by atoms with E-state index in [9.17, 15) is 19.8 Å². The van der Waals surface area contributed by atoms with Crippen LogP contribution < -0.4 is 5.73 Å². The van der Waals surface area contributed by atoms with Crippen molar-refractivity contribution in [2.75, 3.05) is 0 Å². The summed E-state index contributed by atoms with van der Waals surface area (Å²) in [5.74, 6) is 0.117. The number of hydrogen-bond acceptors (Lipinski definition) is 6. The zero-order chi connectivity index (χ0) is 25.5. The van der Waals surface area contributed by atoms with Crippen LogP contribution in [0.5, 0.6) is 17.2 Å². The lowest BCUT2D eigenvalue weighted by Gasteiger charge is -2.43. The fourth-order valence-electron chi connectivity index (χ4n) is 5.91. The van der Waals surface area contributed by atoms with Crippen molar-refractivity contribution in [2.45, 2.75) is 63.8 Å². The molecule has 0 bridgehead atoms. The van der Waals surface area contributed by atoms with Gasteiger partial charge in [-0.1, -0.05) is 30.7 Å². The minimum absolute atomic E-state index is 0.0795. The molecule has 5 rings (SSSR count). The number of fused-ring (bicyclic) bond motifs is 5. The van der Waals surface area contributed by atoms with E-state index >= 15 is 0 Å². The Balaban J connectivity index is 0.000000174. The van der Waals surface area contributed by atoms with Gasteiger partial charge in [-0.2, -0.15) is 0 Å². The number of Topliss-reactive ketones (excluding diaryl/α,β-unsaturated/α-hetero) is 1. The lowest BCUT2D eigenvalue weighted by molar-refractivity contribution is -0.142. The van der Waals surface area contributed by atoms with E-state index < -0.39 is 11.5 Å². The maximum absolute atomic E-state index is 12.2. The molecule has 6 N–H and O–H groups in total. The van der Waals surface area contributed by atoms with Crippen LogP contribution in [-0.4, -0.2) is 37.7 Å². The van der Waals surface area contributed by atoms with Gasteiger partial charge in [0.2, 0.25) is 0 Å². The molecule has 35 heavy (non-hydrogen) atoms. The van der Waals surface area contributed by atoms with Gasteiger partial charge in [0.1, 0.15) is 17.1 Å². The summed E-state index contributed by atoms with van der Waals surface area (Å²) in [4.78, 5) is 23.0. The molecule has 186 valence electrons. The summed E-state index contributed by atoms with van der Waals surface area (Å²) in [6.07, 6.45) is 7.19. The number of aliphatic carboxylic acids is 1. The number of carbonyl (C=O) groups is 2. The number of nitrogens with two attached hydrogens (primary N) is 1. The van der Waals surface area contributed by atoms with E-state index in [2.05, 4.69) is 19.1 Å². The van der Waals surface area contributed by atoms with Crippen LogP contribution in [0.3, 0.4) is 0 Å². The van der Waals surface area contributed by atoms with E-state index in [1.165, 1.54) is 41.8 Å². The average Bonchev–Trinajstić information content (AvgIpc) is 3.10. The van der Waals surface area contributed by atoms with Crippen molar-refractivity contribution in [3.8, 4) is 17.2 Å². The van der Waals surface area contributed by atoms with Crippen LogP contribution in [0.25, 0.3) is 0 Å². The first kappa shape index (κ1) is 24.8. The topological polar surface area (TPSA) is 141 Å². The van der Waals surface area contributed by atoms with Crippen molar-refractivity contribution in [3.05, 3.63) is 64.7 Å². The molecule has 2 saturated carbocycles. The van der Waals surface area contributed by atoms with Crippen LogP contribution in [0.4, 0.5) is 0 Å². The van der Waals surface area contributed by atoms with Crippen molar-refractivity contribution < 1.29 is 30.0 Å². The number of rotatable bonds is 3. The summed E-state index contributed by atoms with van der Waals surface area (Å²) in [6, 6.07) is 9.89. The first-order valence-corrected chi connectivity index (χ1v) is 12.0. The molecule has 0 spiro atoms. The van der Waals surface area contributed by atoms with Gasteiger partial charge in [-0.15, -0.1) is 0 Å². The molecule has 3 aliphatic rings. The van der Waals surface area contributed by atoms with Crippen LogP contribution in [0.1, 0.15) is 62.1 Å². The number of benzene rings is 2. The molecule has 2 aromatic carbocycles. The summed E-state index contributed by atoms with van der Waals surface area (Å²) in [5, 5.41) is 36.7. The normalized spacial score (nSPS) is 26.3. The second-order valence-corrected chi connectivity index (χ2v) is 10.5. The van der Waals surface area contributed by atoms with E-state index in [1.807, 2.05) is 6.07 Å². The van der Waals surface area contributed by atoms with Gasteiger partial charge in [0.15, 0.2) is 11.5 Å². The highest BCUT2D eigenvalue weighted by Gasteiger charge is 2.52. The van der Waals surface area contributed by atoms with Gasteiger partial charge in [0.05, 0.1) is 0 Å². The summed E-state index contributed by atoms with van der Waals surface area (Å²) in [7, 11) is 0. The Morgan fingerprint density at radius 3 is 2.54 bits per heavy atom. The molecular formula is C28H33NO6. The Labute approximate surface area is 204 Å². The highest BCUT2D eigenvalue weighted by atomic mass is 16.4. The van der Waals surface area contributed by atoms with E-state index in [4.69, 9.17) is 15.9 Å². The monoisotopic (exact) mass is 479 g/mol. The molecule has 4 atom stereocenters. The van der Waals surface area contributed by atoms with E-state index in [-0.39, 0.29) is 23.3 Å². The van der Waals surface area contributed by atoms with Crippen LogP contribution >= 0.6 is 0 Å². The molecule has 2 fully saturated rings. The van der Waals surface area contributed by atoms with E-state index in [0.717, 1.165) is 32.1 Å². The fraction of sp³-hybridized carbons (Fsp3) is 0.429. The van der Waals surface area contributed by atoms with Gasteiger partial charge in [-0.05, 0) is 79.5 Å². The highest BCUT2D eigenvalue weighted by Crippen LogP contribution is 2.57. The van der Waals surface area contributed by atoms with Gasteiger partial charge in [0, 0.05) is 24.2 Å². The number of ketones is 1. The SMILES string of the molecule is CC(N)(Cc1ccc(O)c(O)c1)C(=O)O.CC12CCC3C(=CCc4cc(O)ccc43)C1CCC2=O. The molecule has 0 aromatic heterocycles. The number of allylic oxidation sites excluding steroid dienone is 2. The van der Waals surface area contributed by atoms with Crippen molar-refractivity contribution in [1.82, 2.24) is 0 Å². The minimum Gasteiger partial charge on any atom is -0.508 e. The maximum Gasteiger partial charge on any atom is 0.323 e. The van der Waals surface area contributed by atoms with Crippen LogP contribution in [-0.2, 0) is 22.4 Å². The van der Waals surface area contributed by atoms with E-state index in [0.29, 0.717) is 28.9 Å². The van der Waals surface area contributed by atoms with Crippen LogP contribution in [0.15, 0.2) is 48.0 Å². The largest absolute Gasteiger partial charge is 0.508 e. The molecule has 0 radical (unpaired) electrons. The average molecular weight is 480 g/mol. The molecular weight excluding hydrogens is 446 g/mol. The number of carboxylic acids is 1. The van der Waals surface area contributed by atoms with Gasteiger partial charge in [0.25, 0.3) is 0 Å². The van der Waals surface area contributed by atoms with Gasteiger partial charge >= 0.3 is 5.97 Å². The summed E-state index contributed by atoms with van der Waals surface area (Å²) in [5.41, 5.74) is 8.74. The number of aromatic hydroxyl groups is 3. The second kappa shape index (κ2) is 9.04. The van der Waals surface area contributed by atoms with Crippen molar-refractivity contribution >= 4 is 11.8 Å². The van der Waals surface area contributed by atoms with Crippen LogP contribution in [0.2, 0.25) is 0 Å². The Kier molecular flexibility index (Phi) is 6.40. The Bertz CT molecular complexity index is 1200. The number of phenols is 3. The third-order valence-electron chi connectivity index (χ3n) is 7.98. The van der Waals surface area contributed by atoms with E-state index in [1.54, 1.807) is 6.07 Å². The Morgan fingerprint density at radius 2 is 1.86 bits per heavy atom. The molecule has 0 heterocycles. The summed E-state index contributed by atoms with van der Waals surface area (Å²) in [6.45, 7) is 3.57. The Hall–Kier alpha value is -3.32. The predicted molar refractivity (Wildman–Crippen MR) is 131 cm³/mol. The number of hydrogen-bond donors (Lipinski definition) is 5. The first-order chi connectivity index (χ1) is 16.4. The number of carboxylic acid groups (broad SMARTS) is 1. The lowest BCUT2D eigenvalue weighted by Crippen LogP contribution is -2.46. The van der Waals surface area contributed by atoms with Gasteiger partial charge in [-0.3, -0.25) is 9.59 Å². The predicted octanol–water partition coefficient (Wildman–Crippen LogP) is 4.18. The summed E-state index contributed by atoms with van der Waals surface area (Å²) >= 11 is 0. The smallest absolute Gasteiger partial charge is 0.323 e. The first-order valence-electron chi connectivity index (χ1n) is 12.0. The van der Waals surface area contributed by atoms with Gasteiger partial charge in [-0.25, -0.2) is 0 Å². The van der Waals surface area contributed by atoms with Crippen molar-refractivity contribution in [2.24, 2.45) is 17.1 Å². The lowest BCUT2D eigenvalue weighted by atomic mass is 9.60. The minimum atomic E-state index is -1.39. The van der Waals surface area contributed by atoms with Crippen molar-refractivity contribution in [1.29, 1.82) is 0 Å². The number of carbonyl (C=O) groups excluding carboxylic acids is 1. The molecule has 2 aromatic rings. The number of phenolic OH excluding ortho intramolecular Hbond substituents is 3. The fourth-order valence-corrected chi connectivity index (χ4v) is 5.91. The molecule has 0 saturated heterocycles. The molecule has 7 nitrogen and oxygen atoms in total. The standard InChI is InChI=1S/C18H20O2.C10H13NO4/c1-18-9-8-14-13-5-3-12(19)10-11(13)2-4-15(14)16(18)6-7-17(18)20;1-10(11,9(14)15)5-6-2-3-7(12)8(13)4-6/h3-5,10,14,16,19H,2,6-9H2,1H3;2-4,12-13H,5,11H2,1H3,(H,14,15). The van der Waals surface area contributed by atoms with Crippen molar-refractivity contribution in [3.63, 3.8) is 0 Å².